The molecule has 34 valence electrons. The van der Waals surface area contributed by atoms with E-state index in [0.717, 1.165) is 0 Å². The average Bonchev–Trinajstić information content (AvgIpc) is 1.82. The van der Waals surface area contributed by atoms with Crippen molar-refractivity contribution in [1.82, 2.24) is 0 Å². The quantitative estimate of drug-likeness (QED) is 0.399. The van der Waals surface area contributed by atoms with Crippen molar-refractivity contribution < 1.29 is 12.3 Å². The molecule has 1 aliphatic heterocycles. The molecule has 1 fully saturated rings. The molecule has 0 aliphatic carbocycles. The summed E-state index contributed by atoms with van der Waals surface area (Å²) < 4.78 is 17.9. The van der Waals surface area contributed by atoms with Gasteiger partial charge in [-0.3, -0.25) is 4.79 Å². The predicted molar refractivity (Wildman–Crippen MR) is 20.2 cm³/mol. The van der Waals surface area contributed by atoms with Crippen LogP contribution in [0.25, 0.3) is 0 Å². The van der Waals surface area contributed by atoms with E-state index in [2.05, 4.69) is 4.74 Å². The number of rotatable bonds is 0. The molecule has 0 saturated carbocycles. The highest BCUT2D eigenvalue weighted by atomic mass is 16.5. The van der Waals surface area contributed by atoms with Crippen LogP contribution in [-0.2, 0) is 9.53 Å². The smallest absolute Gasteiger partial charge is 0.305 e. The SMILES string of the molecule is [2H]C1([2H])CCC(=O)O1. The van der Waals surface area contributed by atoms with Gasteiger partial charge in [0.1, 0.15) is 0 Å². The fourth-order valence-corrected chi connectivity index (χ4v) is 0.336. The molecule has 0 N–H and O–H groups in total. The second kappa shape index (κ2) is 1.29. The van der Waals surface area contributed by atoms with Gasteiger partial charge in [-0.1, -0.05) is 0 Å². The first-order valence-corrected chi connectivity index (χ1v) is 1.82. The average molecular weight is 88.1 g/mol. The van der Waals surface area contributed by atoms with E-state index in [1.807, 2.05) is 0 Å². The Bertz CT molecular complexity index is 121. The van der Waals surface area contributed by atoms with Gasteiger partial charge in [0.15, 0.2) is 0 Å². The number of carbonyl (C=O) groups excluding carboxylic acids is 1. The van der Waals surface area contributed by atoms with Gasteiger partial charge in [0.2, 0.25) is 0 Å². The molecule has 0 spiro atoms. The summed E-state index contributed by atoms with van der Waals surface area (Å²) >= 11 is 0. The fourth-order valence-electron chi connectivity index (χ4n) is 0.336. The Morgan fingerprint density at radius 2 is 2.83 bits per heavy atom. The van der Waals surface area contributed by atoms with E-state index in [4.69, 9.17) is 2.74 Å². The molecule has 2 nitrogen and oxygen atoms in total. The minimum absolute atomic E-state index is 0.200. The number of hydrogen-bond donors (Lipinski definition) is 0. The maximum Gasteiger partial charge on any atom is 0.305 e. The van der Waals surface area contributed by atoms with E-state index < -0.39 is 12.5 Å². The van der Waals surface area contributed by atoms with E-state index in [0.29, 0.717) is 0 Å². The third kappa shape index (κ3) is 0.506. The lowest BCUT2D eigenvalue weighted by Gasteiger charge is -1.81. The number of carbonyl (C=O) groups is 1. The molecule has 0 atom stereocenters. The van der Waals surface area contributed by atoms with E-state index >= 15 is 0 Å². The summed E-state index contributed by atoms with van der Waals surface area (Å²) in [7, 11) is 0. The molecule has 0 radical (unpaired) electrons. The first kappa shape index (κ1) is 1.96. The van der Waals surface area contributed by atoms with Crippen molar-refractivity contribution in [3.8, 4) is 0 Å². The van der Waals surface area contributed by atoms with Crippen LogP contribution in [0.1, 0.15) is 15.6 Å². The molecule has 0 aromatic carbocycles. The molecule has 1 rings (SSSR count). The normalized spacial score (nSPS) is 34.3. The molecular weight excluding hydrogens is 80.0 g/mol. The highest BCUT2D eigenvalue weighted by molar-refractivity contribution is 5.70. The fraction of sp³-hybridized carbons (Fsp3) is 0.750. The lowest BCUT2D eigenvalue weighted by atomic mass is 10.4. The maximum absolute atomic E-state index is 10.2. The Morgan fingerprint density at radius 3 is 3.00 bits per heavy atom. The zero-order valence-corrected chi connectivity index (χ0v) is 3.23. The van der Waals surface area contributed by atoms with Crippen LogP contribution < -0.4 is 0 Å². The van der Waals surface area contributed by atoms with Gasteiger partial charge < -0.3 is 4.74 Å². The van der Waals surface area contributed by atoms with Crippen LogP contribution in [0.4, 0.5) is 0 Å². The van der Waals surface area contributed by atoms with Gasteiger partial charge in [0.05, 0.1) is 9.30 Å². The van der Waals surface area contributed by atoms with E-state index in [9.17, 15) is 4.79 Å². The van der Waals surface area contributed by atoms with Crippen LogP contribution in [0.2, 0.25) is 0 Å². The highest BCUT2D eigenvalue weighted by Gasteiger charge is 2.08. The van der Waals surface area contributed by atoms with Crippen molar-refractivity contribution in [3.05, 3.63) is 0 Å². The Hall–Kier alpha value is -0.530. The molecule has 0 unspecified atom stereocenters. The molecule has 0 amide bonds. The Kier molecular flexibility index (Phi) is 0.420. The summed E-state index contributed by atoms with van der Waals surface area (Å²) in [6, 6.07) is 0. The second-order valence-corrected chi connectivity index (χ2v) is 1.12. The maximum atomic E-state index is 10.2. The molecule has 1 heterocycles. The molecule has 6 heavy (non-hydrogen) atoms. The van der Waals surface area contributed by atoms with Crippen LogP contribution in [0.5, 0.6) is 0 Å². The van der Waals surface area contributed by atoms with Gasteiger partial charge in [-0.05, 0) is 6.42 Å². The van der Waals surface area contributed by atoms with Crippen molar-refractivity contribution >= 4 is 5.97 Å². The minimum Gasteiger partial charge on any atom is -0.466 e. The predicted octanol–water partition coefficient (Wildman–Crippen LogP) is 0.323. The second-order valence-electron chi connectivity index (χ2n) is 1.12. The van der Waals surface area contributed by atoms with Crippen LogP contribution >= 0.6 is 0 Å². The monoisotopic (exact) mass is 88.0 g/mol. The first-order valence-electron chi connectivity index (χ1n) is 2.82. The molecule has 2 heteroatoms. The standard InChI is InChI=1S/C4H6O2/c5-4-2-1-3-6-4/h1-3H2/i3D2. The van der Waals surface area contributed by atoms with Gasteiger partial charge in [-0.15, -0.1) is 0 Å². The van der Waals surface area contributed by atoms with Gasteiger partial charge in [-0.2, -0.15) is 0 Å². The van der Waals surface area contributed by atoms with E-state index in [-0.39, 0.29) is 12.8 Å². The van der Waals surface area contributed by atoms with Gasteiger partial charge in [-0.25, -0.2) is 0 Å². The van der Waals surface area contributed by atoms with E-state index in [1.54, 1.807) is 0 Å². The molecule has 0 aromatic heterocycles. The molecule has 1 saturated heterocycles. The summed E-state index contributed by atoms with van der Waals surface area (Å²) in [4.78, 5) is 10.2. The largest absolute Gasteiger partial charge is 0.466 e. The lowest BCUT2D eigenvalue weighted by molar-refractivity contribution is -0.137. The third-order valence-corrected chi connectivity index (χ3v) is 0.617. The Morgan fingerprint density at radius 1 is 2.00 bits per heavy atom. The van der Waals surface area contributed by atoms with Crippen molar-refractivity contribution in [1.29, 1.82) is 0 Å². The summed E-state index contributed by atoms with van der Waals surface area (Å²) in [6.07, 6.45) is 0.416. The first-order chi connectivity index (χ1) is 3.60. The van der Waals surface area contributed by atoms with Crippen molar-refractivity contribution in [3.63, 3.8) is 0 Å². The zero-order chi connectivity index (χ0) is 6.20. The van der Waals surface area contributed by atoms with Gasteiger partial charge >= 0.3 is 5.97 Å². The number of hydrogen-bond acceptors (Lipinski definition) is 2. The Labute approximate surface area is 38.9 Å². The van der Waals surface area contributed by atoms with Crippen molar-refractivity contribution in [2.45, 2.75) is 12.8 Å². The minimum atomic E-state index is -1.68. The number of esters is 1. The van der Waals surface area contributed by atoms with E-state index in [1.165, 1.54) is 0 Å². The topological polar surface area (TPSA) is 26.3 Å². The van der Waals surface area contributed by atoms with Crippen LogP contribution in [0.3, 0.4) is 0 Å². The lowest BCUT2D eigenvalue weighted by Crippen LogP contribution is -1.88. The zero-order valence-electron chi connectivity index (χ0n) is 5.23. The third-order valence-electron chi connectivity index (χ3n) is 0.617. The molecule has 0 bridgehead atoms. The highest BCUT2D eigenvalue weighted by Crippen LogP contribution is 2.01. The van der Waals surface area contributed by atoms with Crippen molar-refractivity contribution in [2.75, 3.05) is 6.56 Å². The summed E-state index contributed by atoms with van der Waals surface area (Å²) in [5, 5.41) is 0. The van der Waals surface area contributed by atoms with Gasteiger partial charge in [0, 0.05) is 6.42 Å². The summed E-state index contributed by atoms with van der Waals surface area (Å²) in [6.45, 7) is -1.68. The Balaban J connectivity index is 2.56. The molecule has 1 aliphatic rings. The van der Waals surface area contributed by atoms with Gasteiger partial charge in [0.25, 0.3) is 0 Å². The summed E-state index contributed by atoms with van der Waals surface area (Å²) in [5.41, 5.74) is 0. The molecule has 0 aromatic rings. The molecular formula is C4H6O2. The summed E-state index contributed by atoms with van der Waals surface area (Å²) in [5.74, 6) is -0.435. The van der Waals surface area contributed by atoms with Crippen LogP contribution in [-0.4, -0.2) is 12.5 Å². The number of ether oxygens (including phenoxy) is 1. The van der Waals surface area contributed by atoms with Crippen LogP contribution in [0, 0.1) is 0 Å². The number of cyclic esters (lactones) is 1. The van der Waals surface area contributed by atoms with Crippen LogP contribution in [0.15, 0.2) is 0 Å². The van der Waals surface area contributed by atoms with Crippen molar-refractivity contribution in [2.24, 2.45) is 0 Å².